The van der Waals surface area contributed by atoms with E-state index in [0.717, 1.165) is 38.0 Å². The molecule has 1 fully saturated rings. The van der Waals surface area contributed by atoms with Crippen LogP contribution in [-0.2, 0) is 13.0 Å². The summed E-state index contributed by atoms with van der Waals surface area (Å²) in [6.45, 7) is 3.03. The molecule has 4 rings (SSSR count). The van der Waals surface area contributed by atoms with E-state index in [1.807, 2.05) is 36.4 Å². The van der Waals surface area contributed by atoms with Crippen molar-refractivity contribution >= 4 is 5.95 Å². The van der Waals surface area contributed by atoms with Gasteiger partial charge in [0.15, 0.2) is 0 Å². The zero-order chi connectivity index (χ0) is 19.2. The Balaban J connectivity index is 1.30. The molecule has 1 saturated heterocycles. The molecule has 0 unspecified atom stereocenters. The summed E-state index contributed by atoms with van der Waals surface area (Å²) in [6, 6.07) is 20.7. The van der Waals surface area contributed by atoms with Gasteiger partial charge < -0.3 is 5.32 Å². The molecule has 3 aromatic rings. The minimum atomic E-state index is -0.178. The zero-order valence-corrected chi connectivity index (χ0v) is 15.8. The largest absolute Gasteiger partial charge is 0.352 e. The van der Waals surface area contributed by atoms with Gasteiger partial charge in [-0.05, 0) is 24.0 Å². The topological polar surface area (TPSA) is 73.9 Å². The maximum absolute atomic E-state index is 12.3. The van der Waals surface area contributed by atoms with E-state index in [-0.39, 0.29) is 5.56 Å². The molecule has 2 heterocycles. The fourth-order valence-electron chi connectivity index (χ4n) is 3.60. The van der Waals surface area contributed by atoms with Crippen LogP contribution in [0.5, 0.6) is 0 Å². The Morgan fingerprint density at radius 2 is 1.57 bits per heavy atom. The number of nitrogens with zero attached hydrogens (tertiary/aromatic N) is 3. The second kappa shape index (κ2) is 8.80. The Morgan fingerprint density at radius 1 is 0.929 bits per heavy atom. The first-order chi connectivity index (χ1) is 13.8. The molecule has 0 radical (unpaired) electrons. The predicted molar refractivity (Wildman–Crippen MR) is 110 cm³/mol. The predicted octanol–water partition coefficient (Wildman–Crippen LogP) is 2.83. The van der Waals surface area contributed by atoms with Crippen molar-refractivity contribution in [3.05, 3.63) is 87.8 Å². The zero-order valence-electron chi connectivity index (χ0n) is 15.8. The number of piperidine rings is 1. The number of nitrogens with one attached hydrogen (secondary N) is 2. The minimum absolute atomic E-state index is 0.178. The number of hydrogen-bond acceptors (Lipinski definition) is 5. The van der Waals surface area contributed by atoms with Gasteiger partial charge >= 0.3 is 0 Å². The van der Waals surface area contributed by atoms with Crippen molar-refractivity contribution in [3.8, 4) is 0 Å². The van der Waals surface area contributed by atoms with E-state index in [4.69, 9.17) is 0 Å². The summed E-state index contributed by atoms with van der Waals surface area (Å²) in [4.78, 5) is 17.6. The van der Waals surface area contributed by atoms with Gasteiger partial charge in [-0.3, -0.25) is 14.7 Å². The fourth-order valence-corrected chi connectivity index (χ4v) is 3.60. The number of anilines is 1. The average Bonchev–Trinajstić information content (AvgIpc) is 2.73. The minimum Gasteiger partial charge on any atom is -0.352 e. The molecule has 2 aromatic carbocycles. The van der Waals surface area contributed by atoms with Crippen LogP contribution in [-0.4, -0.2) is 39.2 Å². The molecule has 1 aromatic heterocycles. The summed E-state index contributed by atoms with van der Waals surface area (Å²) in [5.41, 5.74) is 2.66. The second-order valence-electron chi connectivity index (χ2n) is 7.29. The highest BCUT2D eigenvalue weighted by Crippen LogP contribution is 2.16. The molecule has 28 heavy (non-hydrogen) atoms. The van der Waals surface area contributed by atoms with E-state index in [1.54, 1.807) is 0 Å². The molecule has 0 aliphatic carbocycles. The van der Waals surface area contributed by atoms with Crippen LogP contribution in [0.25, 0.3) is 0 Å². The molecule has 6 heteroatoms. The van der Waals surface area contributed by atoms with Crippen molar-refractivity contribution in [2.75, 3.05) is 18.4 Å². The van der Waals surface area contributed by atoms with E-state index < -0.39 is 0 Å². The molecular formula is C22H25N5O. The number of aromatic amines is 1. The number of likely N-dealkylation sites (tertiary alicyclic amines) is 1. The fraction of sp³-hybridized carbons (Fsp3) is 0.318. The Labute approximate surface area is 164 Å². The summed E-state index contributed by atoms with van der Waals surface area (Å²) >= 11 is 0. The van der Waals surface area contributed by atoms with Gasteiger partial charge in [-0.15, -0.1) is 10.2 Å². The molecule has 1 aliphatic rings. The molecule has 0 amide bonds. The quantitative estimate of drug-likeness (QED) is 0.693. The Morgan fingerprint density at radius 3 is 2.21 bits per heavy atom. The highest BCUT2D eigenvalue weighted by Gasteiger charge is 2.20. The molecule has 0 saturated carbocycles. The molecule has 144 valence electrons. The van der Waals surface area contributed by atoms with Crippen LogP contribution in [0.1, 0.15) is 29.7 Å². The van der Waals surface area contributed by atoms with Gasteiger partial charge in [-0.25, -0.2) is 0 Å². The summed E-state index contributed by atoms with van der Waals surface area (Å²) in [7, 11) is 0. The molecule has 6 nitrogen and oxygen atoms in total. The molecule has 2 N–H and O–H groups in total. The maximum Gasteiger partial charge on any atom is 0.274 e. The normalized spacial score (nSPS) is 15.4. The first-order valence-electron chi connectivity index (χ1n) is 9.79. The maximum atomic E-state index is 12.3. The Bertz CT molecular complexity index is 934. The lowest BCUT2D eigenvalue weighted by Gasteiger charge is -2.32. The van der Waals surface area contributed by atoms with Gasteiger partial charge in [0.25, 0.3) is 5.56 Å². The number of hydrogen-bond donors (Lipinski definition) is 2. The van der Waals surface area contributed by atoms with Crippen molar-refractivity contribution in [2.24, 2.45) is 0 Å². The summed E-state index contributed by atoms with van der Waals surface area (Å²) in [5.74, 6) is 0.461. The average molecular weight is 375 g/mol. The van der Waals surface area contributed by atoms with E-state index in [2.05, 4.69) is 49.7 Å². The van der Waals surface area contributed by atoms with Gasteiger partial charge in [0, 0.05) is 32.1 Å². The number of benzene rings is 2. The van der Waals surface area contributed by atoms with Crippen LogP contribution in [0.3, 0.4) is 0 Å². The number of H-pyrrole nitrogens is 1. The summed E-state index contributed by atoms with van der Waals surface area (Å²) in [6.07, 6.45) is 2.52. The van der Waals surface area contributed by atoms with Crippen molar-refractivity contribution in [2.45, 2.75) is 31.8 Å². The first-order valence-corrected chi connectivity index (χ1v) is 9.79. The Kier molecular flexibility index (Phi) is 5.77. The van der Waals surface area contributed by atoms with Crippen molar-refractivity contribution in [3.63, 3.8) is 0 Å². The highest BCUT2D eigenvalue weighted by molar-refractivity contribution is 5.26. The van der Waals surface area contributed by atoms with Gasteiger partial charge in [0.2, 0.25) is 5.95 Å². The smallest absolute Gasteiger partial charge is 0.274 e. The summed E-state index contributed by atoms with van der Waals surface area (Å²) in [5, 5.41) is 11.7. The lowest BCUT2D eigenvalue weighted by molar-refractivity contribution is 0.211. The SMILES string of the molecule is O=c1[nH]c(NC2CCN(Cc3ccccc3)CC2)nnc1Cc1ccccc1. The lowest BCUT2D eigenvalue weighted by Crippen LogP contribution is -2.39. The van der Waals surface area contributed by atoms with Gasteiger partial charge in [-0.2, -0.15) is 0 Å². The monoisotopic (exact) mass is 375 g/mol. The summed E-state index contributed by atoms with van der Waals surface area (Å²) < 4.78 is 0. The highest BCUT2D eigenvalue weighted by atomic mass is 16.1. The molecule has 0 bridgehead atoms. The van der Waals surface area contributed by atoms with Crippen LogP contribution in [0, 0.1) is 0 Å². The van der Waals surface area contributed by atoms with Crippen molar-refractivity contribution < 1.29 is 0 Å². The van der Waals surface area contributed by atoms with Gasteiger partial charge in [0.1, 0.15) is 5.69 Å². The third-order valence-corrected chi connectivity index (χ3v) is 5.16. The lowest BCUT2D eigenvalue weighted by atomic mass is 10.0. The first kappa shape index (κ1) is 18.4. The molecule has 0 atom stereocenters. The Hall–Kier alpha value is -2.99. The number of rotatable bonds is 6. The molecule has 0 spiro atoms. The van der Waals surface area contributed by atoms with Gasteiger partial charge in [0.05, 0.1) is 0 Å². The van der Waals surface area contributed by atoms with Gasteiger partial charge in [-0.1, -0.05) is 60.7 Å². The standard InChI is InChI=1S/C22H25N5O/c28-21-20(15-17-7-3-1-4-8-17)25-26-22(24-21)23-19-11-13-27(14-12-19)16-18-9-5-2-6-10-18/h1-10,19H,11-16H2,(H2,23,24,26,28). The third kappa shape index (κ3) is 4.84. The van der Waals surface area contributed by atoms with Crippen LogP contribution in [0.2, 0.25) is 0 Å². The van der Waals surface area contributed by atoms with E-state index in [1.165, 1.54) is 5.56 Å². The van der Waals surface area contributed by atoms with E-state index in [0.29, 0.717) is 24.1 Å². The van der Waals surface area contributed by atoms with E-state index >= 15 is 0 Å². The van der Waals surface area contributed by atoms with Crippen LogP contribution >= 0.6 is 0 Å². The van der Waals surface area contributed by atoms with Crippen molar-refractivity contribution in [1.29, 1.82) is 0 Å². The second-order valence-corrected chi connectivity index (χ2v) is 7.29. The van der Waals surface area contributed by atoms with Crippen LogP contribution in [0.4, 0.5) is 5.95 Å². The molecule has 1 aliphatic heterocycles. The number of aromatic nitrogens is 3. The molecular weight excluding hydrogens is 350 g/mol. The van der Waals surface area contributed by atoms with Crippen LogP contribution in [0.15, 0.2) is 65.5 Å². The van der Waals surface area contributed by atoms with E-state index in [9.17, 15) is 4.79 Å². The van der Waals surface area contributed by atoms with Crippen molar-refractivity contribution in [1.82, 2.24) is 20.1 Å². The third-order valence-electron chi connectivity index (χ3n) is 5.16. The van der Waals surface area contributed by atoms with Crippen LogP contribution < -0.4 is 10.9 Å².